The number of halogens is 2. The Bertz CT molecular complexity index is 467. The second kappa shape index (κ2) is 5.45. The Hall–Kier alpha value is -0.800. The molecule has 3 nitrogen and oxygen atoms in total. The van der Waals surface area contributed by atoms with Crippen molar-refractivity contribution in [1.29, 1.82) is 0 Å². The van der Waals surface area contributed by atoms with Gasteiger partial charge in [0, 0.05) is 11.4 Å². The summed E-state index contributed by atoms with van der Waals surface area (Å²) in [4.78, 5) is 10.3. The maximum atomic E-state index is 10.8. The second-order valence-electron chi connectivity index (χ2n) is 5.52. The third-order valence-electron chi connectivity index (χ3n) is 2.94. The smallest absolute Gasteiger partial charge is 0.258 e. The highest BCUT2D eigenvalue weighted by Crippen LogP contribution is 2.32. The van der Waals surface area contributed by atoms with Crippen molar-refractivity contribution < 1.29 is 4.92 Å². The van der Waals surface area contributed by atoms with Crippen LogP contribution in [-0.4, -0.2) is 10.3 Å². The largest absolute Gasteiger partial charge is 0.288 e. The van der Waals surface area contributed by atoms with Gasteiger partial charge in [-0.1, -0.05) is 32.4 Å². The molecule has 0 fully saturated rings. The lowest BCUT2D eigenvalue weighted by molar-refractivity contribution is -0.384. The molecular formula is C13H17Cl2NO2. The molecule has 18 heavy (non-hydrogen) atoms. The van der Waals surface area contributed by atoms with Crippen LogP contribution in [0.3, 0.4) is 0 Å². The first-order chi connectivity index (χ1) is 8.12. The van der Waals surface area contributed by atoms with E-state index >= 15 is 0 Å². The predicted octanol–water partition coefficient (Wildman–Crippen LogP) is 4.75. The van der Waals surface area contributed by atoms with Crippen molar-refractivity contribution in [2.24, 2.45) is 5.41 Å². The van der Waals surface area contributed by atoms with E-state index in [4.69, 9.17) is 23.2 Å². The van der Waals surface area contributed by atoms with E-state index in [0.29, 0.717) is 6.42 Å². The zero-order chi connectivity index (χ0) is 14.1. The van der Waals surface area contributed by atoms with Crippen molar-refractivity contribution in [3.05, 3.63) is 38.4 Å². The van der Waals surface area contributed by atoms with E-state index in [2.05, 4.69) is 20.8 Å². The summed E-state index contributed by atoms with van der Waals surface area (Å²) in [6.45, 7) is 8.03. The first-order valence-corrected chi connectivity index (χ1v) is 6.52. The van der Waals surface area contributed by atoms with E-state index in [1.807, 2.05) is 6.92 Å². The van der Waals surface area contributed by atoms with Gasteiger partial charge in [0.15, 0.2) is 0 Å². The average Bonchev–Trinajstić information content (AvgIpc) is 2.21. The number of alkyl halides is 1. The van der Waals surface area contributed by atoms with E-state index < -0.39 is 4.92 Å². The molecule has 0 heterocycles. The molecule has 100 valence electrons. The molecule has 0 saturated carbocycles. The number of nitro groups is 1. The molecule has 1 aromatic rings. The summed E-state index contributed by atoms with van der Waals surface area (Å²) in [6, 6.07) is 3.15. The van der Waals surface area contributed by atoms with Crippen molar-refractivity contribution in [2.45, 2.75) is 39.5 Å². The number of benzene rings is 1. The fourth-order valence-electron chi connectivity index (χ4n) is 1.57. The second-order valence-corrected chi connectivity index (χ2v) is 6.46. The molecule has 0 aliphatic carbocycles. The Labute approximate surface area is 117 Å². The molecule has 1 aromatic carbocycles. The quantitative estimate of drug-likeness (QED) is 0.458. The van der Waals surface area contributed by atoms with E-state index in [9.17, 15) is 10.1 Å². The van der Waals surface area contributed by atoms with Crippen LogP contribution in [0.5, 0.6) is 0 Å². The van der Waals surface area contributed by atoms with Crippen LogP contribution in [0.15, 0.2) is 12.1 Å². The molecule has 0 bridgehead atoms. The van der Waals surface area contributed by atoms with Crippen molar-refractivity contribution in [3.8, 4) is 0 Å². The summed E-state index contributed by atoms with van der Waals surface area (Å²) in [5.41, 5.74) is 1.73. The topological polar surface area (TPSA) is 43.1 Å². The lowest BCUT2D eigenvalue weighted by atomic mass is 9.87. The van der Waals surface area contributed by atoms with Crippen molar-refractivity contribution in [1.82, 2.24) is 0 Å². The lowest BCUT2D eigenvalue weighted by Gasteiger charge is -2.25. The van der Waals surface area contributed by atoms with Crippen LogP contribution in [0.4, 0.5) is 5.69 Å². The van der Waals surface area contributed by atoms with Gasteiger partial charge in [0.2, 0.25) is 0 Å². The Morgan fingerprint density at radius 1 is 1.39 bits per heavy atom. The van der Waals surface area contributed by atoms with Crippen LogP contribution in [0, 0.1) is 22.5 Å². The number of hydrogen-bond acceptors (Lipinski definition) is 2. The maximum Gasteiger partial charge on any atom is 0.288 e. The average molecular weight is 290 g/mol. The zero-order valence-electron chi connectivity index (χ0n) is 11.0. The highest BCUT2D eigenvalue weighted by molar-refractivity contribution is 6.32. The Morgan fingerprint density at radius 2 is 1.94 bits per heavy atom. The standard InChI is InChI=1S/C13H17Cl2NO2/c1-8-5-11(16(17)18)10(14)6-9(8)7-12(15)13(2,3)4/h5-6,12H,7H2,1-4H3. The molecule has 0 spiro atoms. The summed E-state index contributed by atoms with van der Waals surface area (Å²) in [7, 11) is 0. The van der Waals surface area contributed by atoms with Gasteiger partial charge in [0.05, 0.1) is 4.92 Å². The molecule has 0 amide bonds. The minimum Gasteiger partial charge on any atom is -0.258 e. The highest BCUT2D eigenvalue weighted by Gasteiger charge is 2.24. The summed E-state index contributed by atoms with van der Waals surface area (Å²) in [5.74, 6) is 0. The fourth-order valence-corrected chi connectivity index (χ4v) is 1.99. The molecule has 1 unspecified atom stereocenters. The monoisotopic (exact) mass is 289 g/mol. The molecule has 0 aliphatic rings. The summed E-state index contributed by atoms with van der Waals surface area (Å²) in [5, 5.41) is 10.9. The van der Waals surface area contributed by atoms with Gasteiger partial charge in [-0.3, -0.25) is 10.1 Å². The lowest BCUT2D eigenvalue weighted by Crippen LogP contribution is -2.23. The van der Waals surface area contributed by atoms with Gasteiger partial charge < -0.3 is 0 Å². The summed E-state index contributed by atoms with van der Waals surface area (Å²) >= 11 is 12.3. The SMILES string of the molecule is Cc1cc([N+](=O)[O-])c(Cl)cc1CC(Cl)C(C)(C)C. The number of nitro benzene ring substituents is 1. The summed E-state index contributed by atoms with van der Waals surface area (Å²) < 4.78 is 0. The molecule has 1 rings (SSSR count). The molecular weight excluding hydrogens is 273 g/mol. The van der Waals surface area contributed by atoms with E-state index in [-0.39, 0.29) is 21.5 Å². The summed E-state index contributed by atoms with van der Waals surface area (Å²) in [6.07, 6.45) is 0.647. The molecule has 0 aromatic heterocycles. The zero-order valence-corrected chi connectivity index (χ0v) is 12.5. The number of rotatable bonds is 3. The highest BCUT2D eigenvalue weighted by atomic mass is 35.5. The number of hydrogen-bond donors (Lipinski definition) is 0. The van der Waals surface area contributed by atoms with Crippen LogP contribution in [0.1, 0.15) is 31.9 Å². The third-order valence-corrected chi connectivity index (χ3v) is 4.05. The predicted molar refractivity (Wildman–Crippen MR) is 75.6 cm³/mol. The van der Waals surface area contributed by atoms with Crippen LogP contribution < -0.4 is 0 Å². The van der Waals surface area contributed by atoms with Gasteiger partial charge in [-0.15, -0.1) is 11.6 Å². The third kappa shape index (κ3) is 3.59. The van der Waals surface area contributed by atoms with Crippen molar-refractivity contribution in [3.63, 3.8) is 0 Å². The molecule has 0 radical (unpaired) electrons. The van der Waals surface area contributed by atoms with E-state index in [1.54, 1.807) is 6.07 Å². The van der Waals surface area contributed by atoms with Gasteiger partial charge in [-0.2, -0.15) is 0 Å². The minimum absolute atomic E-state index is 0.0255. The van der Waals surface area contributed by atoms with Gasteiger partial charge in [0.25, 0.3) is 5.69 Å². The Kier molecular flexibility index (Phi) is 4.62. The van der Waals surface area contributed by atoms with E-state index in [0.717, 1.165) is 11.1 Å². The Morgan fingerprint density at radius 3 is 2.39 bits per heavy atom. The maximum absolute atomic E-state index is 10.8. The first-order valence-electron chi connectivity index (χ1n) is 5.70. The van der Waals surface area contributed by atoms with E-state index in [1.165, 1.54) is 6.07 Å². The molecule has 0 aliphatic heterocycles. The number of nitrogens with zero attached hydrogens (tertiary/aromatic N) is 1. The fraction of sp³-hybridized carbons (Fsp3) is 0.538. The molecule has 0 saturated heterocycles. The van der Waals surface area contributed by atoms with Crippen molar-refractivity contribution in [2.75, 3.05) is 0 Å². The van der Waals surface area contributed by atoms with Gasteiger partial charge >= 0.3 is 0 Å². The molecule has 5 heteroatoms. The van der Waals surface area contributed by atoms with Crippen LogP contribution >= 0.6 is 23.2 Å². The number of aryl methyl sites for hydroxylation is 1. The normalized spacial score (nSPS) is 13.4. The van der Waals surface area contributed by atoms with Gasteiger partial charge in [0.1, 0.15) is 5.02 Å². The van der Waals surface area contributed by atoms with Crippen LogP contribution in [0.25, 0.3) is 0 Å². The van der Waals surface area contributed by atoms with Crippen molar-refractivity contribution >= 4 is 28.9 Å². The van der Waals surface area contributed by atoms with Gasteiger partial charge in [-0.05, 0) is 36.0 Å². The molecule has 0 N–H and O–H groups in total. The molecule has 1 atom stereocenters. The first kappa shape index (κ1) is 15.3. The van der Waals surface area contributed by atoms with Gasteiger partial charge in [-0.25, -0.2) is 0 Å². The van der Waals surface area contributed by atoms with Crippen LogP contribution in [-0.2, 0) is 6.42 Å². The minimum atomic E-state index is -0.471. The Balaban J connectivity index is 3.06. The van der Waals surface area contributed by atoms with Crippen LogP contribution in [0.2, 0.25) is 5.02 Å².